The highest BCUT2D eigenvalue weighted by Gasteiger charge is 2.77. The minimum absolute atomic E-state index is 0.266. The third-order valence-corrected chi connectivity index (χ3v) is 8.03. The van der Waals surface area contributed by atoms with E-state index in [0.717, 1.165) is 13.8 Å². The number of esters is 5. The zero-order chi connectivity index (χ0) is 25.6. The van der Waals surface area contributed by atoms with Gasteiger partial charge in [-0.3, -0.25) is 19.2 Å². The Kier molecular flexibility index (Phi) is 7.07. The molecule has 2 heterocycles. The van der Waals surface area contributed by atoms with Crippen LogP contribution < -0.4 is 0 Å². The fourth-order valence-electron chi connectivity index (χ4n) is 4.91. The predicted molar refractivity (Wildman–Crippen MR) is 115 cm³/mol. The molecule has 0 unspecified atom stereocenters. The molecule has 11 nitrogen and oxygen atoms in total. The van der Waals surface area contributed by atoms with Crippen LogP contribution in [0.2, 0.25) is 0 Å². The summed E-state index contributed by atoms with van der Waals surface area (Å²) >= 11 is 3.28. The first-order valence-electron chi connectivity index (χ1n) is 10.9. The van der Waals surface area contributed by atoms with E-state index in [0.29, 0.717) is 6.42 Å². The van der Waals surface area contributed by atoms with Gasteiger partial charge in [0.2, 0.25) is 5.60 Å². The molecule has 1 saturated carbocycles. The van der Waals surface area contributed by atoms with Crippen LogP contribution in [0.4, 0.5) is 0 Å². The Morgan fingerprint density at radius 2 is 1.50 bits per heavy atom. The average Bonchev–Trinajstić information content (AvgIpc) is 3.01. The maximum Gasteiger partial charge on any atom is 0.351 e. The fraction of sp³-hybridized carbons (Fsp3) is 0.773. The maximum atomic E-state index is 13.5. The number of ether oxygens (including phenoxy) is 6. The summed E-state index contributed by atoms with van der Waals surface area (Å²) in [5.74, 6) is -3.33. The van der Waals surface area contributed by atoms with Crippen molar-refractivity contribution in [3.05, 3.63) is 0 Å². The molecule has 0 radical (unpaired) electrons. The van der Waals surface area contributed by atoms with Crippen LogP contribution in [0.15, 0.2) is 0 Å². The number of carbonyl (C=O) groups is 5. The van der Waals surface area contributed by atoms with Crippen molar-refractivity contribution in [2.24, 2.45) is 10.8 Å². The Labute approximate surface area is 205 Å². The quantitative estimate of drug-likeness (QED) is 0.271. The molecule has 0 N–H and O–H groups in total. The van der Waals surface area contributed by atoms with Crippen LogP contribution in [-0.4, -0.2) is 71.5 Å². The standard InChI is InChI=1S/C22H29BrO11/c1-10(24)29-9-13-14(30-11(2)25)15(31-12(3)26)16(17(23)32-13)33-19(28)22-8-7-21(6,18(27)34-22)20(22,4)5/h13-17H,7-9H2,1-6H3/t13-,14-,15+,16+,17+,21+,22-/m1/s1. The van der Waals surface area contributed by atoms with Crippen molar-refractivity contribution in [3.8, 4) is 0 Å². The normalized spacial score (nSPS) is 38.0. The number of fused-ring (bicyclic) bond motifs is 2. The molecule has 190 valence electrons. The number of alkyl halides is 1. The SMILES string of the molecule is CC(=O)OC[C@H]1O[C@H](Br)[C@@H](OC(=O)[C@@]23CC[C@@](C)(C(=O)O2)C3(C)C)[C@@H](OC(C)=O)[C@@H]1OC(C)=O. The molecule has 3 fully saturated rings. The van der Waals surface area contributed by atoms with Gasteiger partial charge in [0.1, 0.15) is 12.7 Å². The minimum atomic E-state index is -1.53. The number of halogens is 1. The number of rotatable bonds is 6. The summed E-state index contributed by atoms with van der Waals surface area (Å²) in [6.45, 7) is 8.49. The maximum absolute atomic E-state index is 13.5. The Hall–Kier alpha value is -2.21. The fourth-order valence-corrected chi connectivity index (χ4v) is 5.59. The number of hydrogen-bond donors (Lipinski definition) is 0. The molecular weight excluding hydrogens is 520 g/mol. The summed E-state index contributed by atoms with van der Waals surface area (Å²) in [6.07, 6.45) is -4.13. The van der Waals surface area contributed by atoms with E-state index in [2.05, 4.69) is 15.9 Å². The number of carbonyl (C=O) groups excluding carboxylic acids is 5. The van der Waals surface area contributed by atoms with Crippen molar-refractivity contribution in [2.75, 3.05) is 6.61 Å². The second-order valence-corrected chi connectivity index (χ2v) is 10.4. The van der Waals surface area contributed by atoms with Crippen LogP contribution >= 0.6 is 15.9 Å². The van der Waals surface area contributed by atoms with Crippen LogP contribution in [0.1, 0.15) is 54.4 Å². The van der Waals surface area contributed by atoms with Gasteiger partial charge in [0.15, 0.2) is 23.3 Å². The van der Waals surface area contributed by atoms with Gasteiger partial charge in [-0.1, -0.05) is 29.8 Å². The molecule has 7 atom stereocenters. The minimum Gasteiger partial charge on any atom is -0.463 e. The summed E-state index contributed by atoms with van der Waals surface area (Å²) in [6, 6.07) is 0. The van der Waals surface area contributed by atoms with E-state index < -0.39 is 75.7 Å². The van der Waals surface area contributed by atoms with Gasteiger partial charge >= 0.3 is 29.8 Å². The van der Waals surface area contributed by atoms with Gasteiger partial charge in [0, 0.05) is 26.2 Å². The zero-order valence-corrected chi connectivity index (χ0v) is 21.5. The zero-order valence-electron chi connectivity index (χ0n) is 19.9. The lowest BCUT2D eigenvalue weighted by molar-refractivity contribution is -0.243. The molecule has 34 heavy (non-hydrogen) atoms. The van der Waals surface area contributed by atoms with Gasteiger partial charge in [0.25, 0.3) is 0 Å². The highest BCUT2D eigenvalue weighted by molar-refractivity contribution is 9.09. The van der Waals surface area contributed by atoms with Crippen LogP contribution in [0, 0.1) is 10.8 Å². The summed E-state index contributed by atoms with van der Waals surface area (Å²) < 4.78 is 32.9. The van der Waals surface area contributed by atoms with Crippen molar-refractivity contribution in [2.45, 2.75) is 89.4 Å². The largest absolute Gasteiger partial charge is 0.463 e. The lowest BCUT2D eigenvalue weighted by Crippen LogP contribution is -2.62. The molecule has 0 aromatic rings. The molecule has 0 spiro atoms. The van der Waals surface area contributed by atoms with Crippen LogP contribution in [-0.2, 0) is 52.4 Å². The highest BCUT2D eigenvalue weighted by atomic mass is 79.9. The third-order valence-electron chi connectivity index (χ3n) is 7.29. The summed E-state index contributed by atoms with van der Waals surface area (Å²) in [5, 5.41) is -1.03. The Bertz CT molecular complexity index is 901. The van der Waals surface area contributed by atoms with Gasteiger partial charge in [-0.2, -0.15) is 0 Å². The molecule has 0 amide bonds. The second kappa shape index (κ2) is 9.10. The second-order valence-electron chi connectivity index (χ2n) is 9.52. The van der Waals surface area contributed by atoms with E-state index in [1.54, 1.807) is 20.8 Å². The summed E-state index contributed by atoms with van der Waals surface area (Å²) in [7, 11) is 0. The molecule has 0 aromatic heterocycles. The average molecular weight is 549 g/mol. The summed E-state index contributed by atoms with van der Waals surface area (Å²) in [5.41, 5.74) is -3.25. The van der Waals surface area contributed by atoms with Crippen molar-refractivity contribution in [3.63, 3.8) is 0 Å². The highest BCUT2D eigenvalue weighted by Crippen LogP contribution is 2.66. The topological polar surface area (TPSA) is 141 Å². The van der Waals surface area contributed by atoms with Gasteiger partial charge < -0.3 is 28.4 Å². The molecule has 3 rings (SSSR count). The molecule has 2 bridgehead atoms. The lowest BCUT2D eigenvalue weighted by Gasteiger charge is -2.44. The molecule has 2 saturated heterocycles. The van der Waals surface area contributed by atoms with E-state index in [4.69, 9.17) is 28.4 Å². The molecule has 0 aromatic carbocycles. The van der Waals surface area contributed by atoms with Gasteiger partial charge in [-0.25, -0.2) is 4.79 Å². The summed E-state index contributed by atoms with van der Waals surface area (Å²) in [4.78, 5) is 61.1. The Morgan fingerprint density at radius 3 is 1.97 bits per heavy atom. The van der Waals surface area contributed by atoms with Crippen molar-refractivity contribution in [1.82, 2.24) is 0 Å². The molecule has 1 aliphatic carbocycles. The van der Waals surface area contributed by atoms with Crippen LogP contribution in [0.5, 0.6) is 0 Å². The van der Waals surface area contributed by atoms with E-state index >= 15 is 0 Å². The predicted octanol–water partition coefficient (Wildman–Crippen LogP) is 1.57. The van der Waals surface area contributed by atoms with Crippen molar-refractivity contribution < 1.29 is 52.4 Å². The van der Waals surface area contributed by atoms with Gasteiger partial charge in [-0.15, -0.1) is 0 Å². The Balaban J connectivity index is 1.92. The van der Waals surface area contributed by atoms with E-state index in [1.165, 1.54) is 6.92 Å². The first kappa shape index (κ1) is 26.4. The first-order chi connectivity index (χ1) is 15.7. The van der Waals surface area contributed by atoms with E-state index in [-0.39, 0.29) is 13.0 Å². The van der Waals surface area contributed by atoms with E-state index in [9.17, 15) is 24.0 Å². The molecule has 3 aliphatic rings. The lowest BCUT2D eigenvalue weighted by atomic mass is 9.66. The number of hydrogen-bond acceptors (Lipinski definition) is 11. The van der Waals surface area contributed by atoms with Crippen LogP contribution in [0.25, 0.3) is 0 Å². The molecular formula is C22H29BrO11. The van der Waals surface area contributed by atoms with Gasteiger partial charge in [-0.05, 0) is 19.8 Å². The Morgan fingerprint density at radius 1 is 0.912 bits per heavy atom. The van der Waals surface area contributed by atoms with Crippen LogP contribution in [0.3, 0.4) is 0 Å². The van der Waals surface area contributed by atoms with Crippen molar-refractivity contribution in [1.29, 1.82) is 0 Å². The molecule has 12 heteroatoms. The first-order valence-corrected chi connectivity index (χ1v) is 11.8. The molecule has 2 aliphatic heterocycles. The van der Waals surface area contributed by atoms with Crippen molar-refractivity contribution >= 4 is 45.8 Å². The van der Waals surface area contributed by atoms with E-state index in [1.807, 2.05) is 0 Å². The monoisotopic (exact) mass is 548 g/mol. The smallest absolute Gasteiger partial charge is 0.351 e. The van der Waals surface area contributed by atoms with Gasteiger partial charge in [0.05, 0.1) is 5.41 Å². The third kappa shape index (κ3) is 4.19.